The highest BCUT2D eigenvalue weighted by Crippen LogP contribution is 2.51. The van der Waals surface area contributed by atoms with Crippen LogP contribution >= 0.6 is 0 Å². The maximum atomic E-state index is 10.8. The number of aliphatic hydroxyl groups is 1. The van der Waals surface area contributed by atoms with Crippen molar-refractivity contribution in [3.63, 3.8) is 0 Å². The molecule has 5 heteroatoms. The fraction of sp³-hybridized carbons (Fsp3) is 0.429. The molecule has 1 aliphatic carbocycles. The number of fused-ring (bicyclic) bond motifs is 1. The lowest BCUT2D eigenvalue weighted by atomic mass is 9.74. The molecule has 2 aromatic rings. The first-order valence-corrected chi connectivity index (χ1v) is 9.29. The van der Waals surface area contributed by atoms with Crippen molar-refractivity contribution in [2.24, 2.45) is 5.41 Å². The Morgan fingerprint density at radius 1 is 1.12 bits per heavy atom. The summed E-state index contributed by atoms with van der Waals surface area (Å²) >= 11 is 0. The predicted octanol–water partition coefficient (Wildman–Crippen LogP) is 3.51. The van der Waals surface area contributed by atoms with E-state index in [-0.39, 0.29) is 22.1 Å². The molecule has 0 bridgehead atoms. The quantitative estimate of drug-likeness (QED) is 0.675. The van der Waals surface area contributed by atoms with Crippen molar-refractivity contribution in [3.05, 3.63) is 75.3 Å². The van der Waals surface area contributed by atoms with Crippen LogP contribution in [0.1, 0.15) is 35.6 Å². The summed E-state index contributed by atoms with van der Waals surface area (Å²) in [4.78, 5) is 12.8. The van der Waals surface area contributed by atoms with E-state index >= 15 is 0 Å². The zero-order chi connectivity index (χ0) is 18.1. The molecular weight excluding hydrogens is 328 g/mol. The van der Waals surface area contributed by atoms with Gasteiger partial charge in [-0.05, 0) is 55.5 Å². The highest BCUT2D eigenvalue weighted by molar-refractivity contribution is 5.37. The van der Waals surface area contributed by atoms with Gasteiger partial charge < -0.3 is 10.0 Å². The van der Waals surface area contributed by atoms with Gasteiger partial charge in [0.15, 0.2) is 0 Å². The Kier molecular flexibility index (Phi) is 4.51. The second-order valence-corrected chi connectivity index (χ2v) is 7.66. The number of piperidine rings is 1. The van der Waals surface area contributed by atoms with Gasteiger partial charge in [0.05, 0.1) is 11.0 Å². The van der Waals surface area contributed by atoms with Crippen molar-refractivity contribution in [1.82, 2.24) is 4.90 Å². The van der Waals surface area contributed by atoms with Crippen LogP contribution in [0.2, 0.25) is 0 Å². The Morgan fingerprint density at radius 2 is 1.81 bits per heavy atom. The molecule has 1 spiro atoms. The van der Waals surface area contributed by atoms with Gasteiger partial charge >= 0.3 is 0 Å². The van der Waals surface area contributed by atoms with E-state index in [1.165, 1.54) is 5.56 Å². The molecular formula is C21H24N2O3. The zero-order valence-electron chi connectivity index (χ0n) is 14.8. The molecule has 1 N–H and O–H groups in total. The summed E-state index contributed by atoms with van der Waals surface area (Å²) in [5, 5.41) is 21.6. The summed E-state index contributed by atoms with van der Waals surface area (Å²) in [5.41, 5.74) is 3.70. The molecule has 5 nitrogen and oxygen atoms in total. The summed E-state index contributed by atoms with van der Waals surface area (Å²) in [5.74, 6) is 0. The molecule has 0 amide bonds. The van der Waals surface area contributed by atoms with Gasteiger partial charge in [-0.2, -0.15) is 0 Å². The van der Waals surface area contributed by atoms with Crippen LogP contribution in [0.15, 0.2) is 48.5 Å². The first-order valence-electron chi connectivity index (χ1n) is 9.29. The van der Waals surface area contributed by atoms with Crippen molar-refractivity contribution in [1.29, 1.82) is 0 Å². The number of nitrogens with zero attached hydrogens (tertiary/aromatic N) is 2. The Bertz CT molecular complexity index is 795. The van der Waals surface area contributed by atoms with Crippen LogP contribution in [0.3, 0.4) is 0 Å². The van der Waals surface area contributed by atoms with Crippen molar-refractivity contribution in [2.75, 3.05) is 19.6 Å². The summed E-state index contributed by atoms with van der Waals surface area (Å²) in [6, 6.07) is 15.1. The summed E-state index contributed by atoms with van der Waals surface area (Å²) in [6.07, 6.45) is 3.58. The van der Waals surface area contributed by atoms with Crippen LogP contribution in [0, 0.1) is 15.5 Å². The molecule has 26 heavy (non-hydrogen) atoms. The number of hydrogen-bond acceptors (Lipinski definition) is 4. The minimum Gasteiger partial charge on any atom is -0.388 e. The summed E-state index contributed by atoms with van der Waals surface area (Å²) < 4.78 is 0. The number of aliphatic hydroxyl groups excluding tert-OH is 1. The molecule has 0 radical (unpaired) electrons. The maximum absolute atomic E-state index is 10.8. The van der Waals surface area contributed by atoms with E-state index in [1.54, 1.807) is 12.1 Å². The van der Waals surface area contributed by atoms with E-state index in [0.717, 1.165) is 56.4 Å². The lowest BCUT2D eigenvalue weighted by Crippen LogP contribution is -2.42. The summed E-state index contributed by atoms with van der Waals surface area (Å²) in [7, 11) is 0. The van der Waals surface area contributed by atoms with Crippen molar-refractivity contribution >= 4 is 5.69 Å². The first kappa shape index (κ1) is 17.2. The van der Waals surface area contributed by atoms with Gasteiger partial charge in [0.1, 0.15) is 0 Å². The van der Waals surface area contributed by atoms with Gasteiger partial charge in [0.25, 0.3) is 5.69 Å². The van der Waals surface area contributed by atoms with Crippen molar-refractivity contribution in [2.45, 2.75) is 31.8 Å². The fourth-order valence-electron chi connectivity index (χ4n) is 4.51. The minimum absolute atomic E-state index is 0.00749. The first-order chi connectivity index (χ1) is 12.6. The molecule has 4 rings (SSSR count). The van der Waals surface area contributed by atoms with Gasteiger partial charge in [0, 0.05) is 24.1 Å². The zero-order valence-corrected chi connectivity index (χ0v) is 14.8. The Hall–Kier alpha value is -2.24. The van der Waals surface area contributed by atoms with Crippen LogP contribution in [0.4, 0.5) is 5.69 Å². The fourth-order valence-corrected chi connectivity index (χ4v) is 4.51. The van der Waals surface area contributed by atoms with Crippen LogP contribution in [-0.4, -0.2) is 34.6 Å². The van der Waals surface area contributed by atoms with Crippen molar-refractivity contribution < 1.29 is 10.0 Å². The Morgan fingerprint density at radius 3 is 2.46 bits per heavy atom. The van der Waals surface area contributed by atoms with E-state index in [0.29, 0.717) is 0 Å². The third-order valence-corrected chi connectivity index (χ3v) is 6.19. The third-order valence-electron chi connectivity index (χ3n) is 6.19. The number of nitro groups is 1. The number of benzene rings is 2. The van der Waals surface area contributed by atoms with Crippen molar-refractivity contribution in [3.8, 4) is 0 Å². The highest BCUT2D eigenvalue weighted by atomic mass is 16.6. The van der Waals surface area contributed by atoms with Gasteiger partial charge in [-0.25, -0.2) is 0 Å². The van der Waals surface area contributed by atoms with E-state index in [4.69, 9.17) is 0 Å². The number of rotatable bonds is 4. The maximum Gasteiger partial charge on any atom is 0.269 e. The summed E-state index contributed by atoms with van der Waals surface area (Å²) in [6.45, 7) is 2.95. The molecule has 0 saturated carbocycles. The molecule has 136 valence electrons. The number of likely N-dealkylation sites (tertiary alicyclic amines) is 1. The lowest BCUT2D eigenvalue weighted by molar-refractivity contribution is -0.384. The molecule has 1 fully saturated rings. The molecule has 1 unspecified atom stereocenters. The SMILES string of the molecule is O=[N+]([O-])c1ccc(CCN2CCC3(CC2)Cc2ccccc2C3O)cc1. The van der Waals surface area contributed by atoms with Crippen LogP contribution < -0.4 is 0 Å². The van der Waals surface area contributed by atoms with Crippen LogP contribution in [-0.2, 0) is 12.8 Å². The largest absolute Gasteiger partial charge is 0.388 e. The minimum atomic E-state index is -0.362. The topological polar surface area (TPSA) is 66.6 Å². The molecule has 2 aromatic carbocycles. The molecule has 1 aliphatic heterocycles. The Balaban J connectivity index is 1.32. The Labute approximate surface area is 153 Å². The number of non-ortho nitro benzene ring substituents is 1. The highest BCUT2D eigenvalue weighted by Gasteiger charge is 2.46. The standard InChI is InChI=1S/C21H24N2O3/c24-20-19-4-2-1-3-17(19)15-21(20)10-13-22(14-11-21)12-9-16-5-7-18(8-6-16)23(25)26/h1-8,20,24H,9-15H2. The predicted molar refractivity (Wildman–Crippen MR) is 100 cm³/mol. The second kappa shape index (κ2) is 6.82. The van der Waals surface area contributed by atoms with E-state index < -0.39 is 0 Å². The molecule has 0 aromatic heterocycles. The van der Waals surface area contributed by atoms with Crippen LogP contribution in [0.5, 0.6) is 0 Å². The second-order valence-electron chi connectivity index (χ2n) is 7.66. The smallest absolute Gasteiger partial charge is 0.269 e. The molecule has 1 saturated heterocycles. The van der Waals surface area contributed by atoms with E-state index in [9.17, 15) is 15.2 Å². The van der Waals surface area contributed by atoms with Gasteiger partial charge in [-0.1, -0.05) is 36.4 Å². The normalized spacial score (nSPS) is 21.7. The lowest BCUT2D eigenvalue weighted by Gasteiger charge is -2.41. The molecule has 1 atom stereocenters. The monoisotopic (exact) mass is 352 g/mol. The van der Waals surface area contributed by atoms with Crippen LogP contribution in [0.25, 0.3) is 0 Å². The molecule has 1 heterocycles. The van der Waals surface area contributed by atoms with Gasteiger partial charge in [-0.15, -0.1) is 0 Å². The van der Waals surface area contributed by atoms with Gasteiger partial charge in [-0.3, -0.25) is 10.1 Å². The molecule has 2 aliphatic rings. The third kappa shape index (κ3) is 3.13. The number of nitro benzene ring substituents is 1. The van der Waals surface area contributed by atoms with Gasteiger partial charge in [0.2, 0.25) is 0 Å². The van der Waals surface area contributed by atoms with E-state index in [1.807, 2.05) is 18.2 Å². The van der Waals surface area contributed by atoms with E-state index in [2.05, 4.69) is 23.1 Å². The average molecular weight is 352 g/mol. The number of hydrogen-bond donors (Lipinski definition) is 1. The average Bonchev–Trinajstić information content (AvgIpc) is 2.94.